The molecule has 6 nitrogen and oxygen atoms in total. The first kappa shape index (κ1) is 28.7. The molecule has 3 rings (SSSR count). The number of benzene rings is 2. The van der Waals surface area contributed by atoms with Crippen LogP contribution in [0.2, 0.25) is 0 Å². The zero-order valence-electron chi connectivity index (χ0n) is 20.2. The van der Waals surface area contributed by atoms with Gasteiger partial charge in [-0.05, 0) is 49.6 Å². The molecule has 0 aliphatic carbocycles. The number of likely N-dealkylation sites (tertiary alicyclic amines) is 1. The number of rotatable bonds is 8. The van der Waals surface area contributed by atoms with Crippen LogP contribution in [0.3, 0.4) is 0 Å². The van der Waals surface area contributed by atoms with Crippen LogP contribution in [0.5, 0.6) is 5.75 Å². The number of halogens is 6. The van der Waals surface area contributed by atoms with E-state index >= 15 is 0 Å². The minimum Gasteiger partial charge on any atom is -0.799 e. The molecule has 1 saturated heterocycles. The van der Waals surface area contributed by atoms with Crippen molar-refractivity contribution in [2.45, 2.75) is 44.3 Å². The molecule has 1 fully saturated rings. The molecule has 0 aromatic heterocycles. The highest BCUT2D eigenvalue weighted by molar-refractivity contribution is 6.47. The lowest BCUT2D eigenvalue weighted by Crippen LogP contribution is -2.62. The van der Waals surface area contributed by atoms with Crippen molar-refractivity contribution in [3.8, 4) is 5.75 Å². The van der Waals surface area contributed by atoms with Crippen LogP contribution < -0.4 is 10.1 Å². The number of nitrogens with one attached hydrogen (secondary N) is 1. The smallest absolute Gasteiger partial charge is 0.416 e. The van der Waals surface area contributed by atoms with E-state index in [4.69, 9.17) is 4.74 Å². The number of carbonyl (C=O) groups is 2. The van der Waals surface area contributed by atoms with Gasteiger partial charge in [-0.15, -0.1) is 0 Å². The fraction of sp³-hybridized carbons (Fsp3) is 0.346. The Kier molecular flexibility index (Phi) is 8.53. The van der Waals surface area contributed by atoms with Gasteiger partial charge in [-0.3, -0.25) is 14.5 Å². The predicted molar refractivity (Wildman–Crippen MR) is 127 cm³/mol. The van der Waals surface area contributed by atoms with Gasteiger partial charge in [0, 0.05) is 25.1 Å². The molecule has 2 amide bonds. The van der Waals surface area contributed by atoms with Crippen LogP contribution >= 0.6 is 0 Å². The Hall–Kier alpha value is -3.83. The molecule has 1 unspecified atom stereocenters. The molecule has 204 valence electrons. The average molecular weight is 540 g/mol. The lowest BCUT2D eigenvalue weighted by Gasteiger charge is -2.38. The van der Waals surface area contributed by atoms with E-state index < -0.39 is 46.7 Å². The third-order valence-corrected chi connectivity index (χ3v) is 6.00. The fourth-order valence-electron chi connectivity index (χ4n) is 4.13. The SMILES string of the molecule is C/C=C(\C(=[N-])C(=O)N1CCCC1(Oc1ccc(C(F)(F)F)cc1)C(=O)NCCc1ccccc1)C(F)(F)F. The summed E-state index contributed by atoms with van der Waals surface area (Å²) in [6, 6.07) is 12.3. The number of hydrogen-bond donors (Lipinski definition) is 1. The third kappa shape index (κ3) is 6.35. The first-order valence-corrected chi connectivity index (χ1v) is 11.6. The van der Waals surface area contributed by atoms with Crippen molar-refractivity contribution >= 4 is 17.5 Å². The van der Waals surface area contributed by atoms with Gasteiger partial charge in [-0.1, -0.05) is 42.1 Å². The molecule has 1 atom stereocenters. The largest absolute Gasteiger partial charge is 0.799 e. The molecule has 2 aromatic rings. The topological polar surface area (TPSA) is 80.9 Å². The Morgan fingerprint density at radius 2 is 1.68 bits per heavy atom. The lowest BCUT2D eigenvalue weighted by atomic mass is 10.1. The minimum absolute atomic E-state index is 0.0708. The minimum atomic E-state index is -5.05. The normalized spacial score (nSPS) is 18.3. The maximum atomic E-state index is 13.4. The molecule has 12 heteroatoms. The molecule has 0 bridgehead atoms. The summed E-state index contributed by atoms with van der Waals surface area (Å²) in [6.07, 6.45) is -8.86. The van der Waals surface area contributed by atoms with Crippen molar-refractivity contribution in [3.63, 3.8) is 0 Å². The molecule has 0 radical (unpaired) electrons. The summed E-state index contributed by atoms with van der Waals surface area (Å²) >= 11 is 0. The fourth-order valence-corrected chi connectivity index (χ4v) is 4.13. The summed E-state index contributed by atoms with van der Waals surface area (Å²) in [7, 11) is 0. The summed E-state index contributed by atoms with van der Waals surface area (Å²) in [4.78, 5) is 27.2. The number of carbonyl (C=O) groups excluding carboxylic acids is 2. The number of amides is 2. The molecular formula is C26H24F6N3O3-. The van der Waals surface area contributed by atoms with Gasteiger partial charge in [0.25, 0.3) is 11.6 Å². The van der Waals surface area contributed by atoms with Crippen LogP contribution in [0, 0.1) is 0 Å². The second kappa shape index (κ2) is 11.3. The molecule has 1 N–H and O–H groups in total. The lowest BCUT2D eigenvalue weighted by molar-refractivity contribution is -0.159. The zero-order valence-corrected chi connectivity index (χ0v) is 20.2. The molecule has 1 heterocycles. The van der Waals surface area contributed by atoms with Crippen LogP contribution in [0.25, 0.3) is 5.41 Å². The Morgan fingerprint density at radius 3 is 2.24 bits per heavy atom. The summed E-state index contributed by atoms with van der Waals surface area (Å²) in [6.45, 7) is 0.810. The highest BCUT2D eigenvalue weighted by atomic mass is 19.4. The quantitative estimate of drug-likeness (QED) is 0.366. The first-order chi connectivity index (χ1) is 17.8. The monoisotopic (exact) mass is 540 g/mol. The van der Waals surface area contributed by atoms with Gasteiger partial charge in [0.15, 0.2) is 0 Å². The first-order valence-electron chi connectivity index (χ1n) is 11.6. The Morgan fingerprint density at radius 1 is 1.05 bits per heavy atom. The molecule has 1 aliphatic rings. The molecule has 0 saturated carbocycles. The second-order valence-electron chi connectivity index (χ2n) is 8.51. The molecule has 0 spiro atoms. The standard InChI is InChI=1S/C26H24F6N3O3/c1-2-20(26(30,31)32)21(33)22(36)35-16-6-14-24(35,23(37)34-15-13-17-7-4-3-5-8-17)38-19-11-9-18(10-12-19)25(27,28)29/h2-5,7-12H,6,13-16H2,1H3,(H,34,37)/q-1/b20-2+. The van der Waals surface area contributed by atoms with Gasteiger partial charge in [0.05, 0.1) is 5.56 Å². The Labute approximate surface area is 214 Å². The molecule has 38 heavy (non-hydrogen) atoms. The van der Waals surface area contributed by atoms with Crippen molar-refractivity contribution in [1.82, 2.24) is 10.2 Å². The average Bonchev–Trinajstić information content (AvgIpc) is 3.28. The number of ether oxygens (including phenoxy) is 1. The van der Waals surface area contributed by atoms with E-state index in [2.05, 4.69) is 5.32 Å². The van der Waals surface area contributed by atoms with E-state index in [0.29, 0.717) is 29.5 Å². The van der Waals surface area contributed by atoms with Gasteiger partial charge < -0.3 is 15.5 Å². The van der Waals surface area contributed by atoms with Crippen LogP contribution in [-0.4, -0.2) is 47.4 Å². The van der Waals surface area contributed by atoms with Gasteiger partial charge in [-0.25, -0.2) is 0 Å². The van der Waals surface area contributed by atoms with Crippen molar-refractivity contribution in [2.24, 2.45) is 0 Å². The summed E-state index contributed by atoms with van der Waals surface area (Å²) in [5.41, 5.74) is -5.55. The summed E-state index contributed by atoms with van der Waals surface area (Å²) in [5, 5.41) is 12.8. The van der Waals surface area contributed by atoms with E-state index in [1.807, 2.05) is 12.1 Å². The zero-order chi connectivity index (χ0) is 28.1. The molecule has 2 aromatic carbocycles. The molecular weight excluding hydrogens is 516 g/mol. The second-order valence-corrected chi connectivity index (χ2v) is 8.51. The van der Waals surface area contributed by atoms with Crippen molar-refractivity contribution in [1.29, 1.82) is 0 Å². The van der Waals surface area contributed by atoms with Gasteiger partial charge >= 0.3 is 12.4 Å². The van der Waals surface area contributed by atoms with Crippen molar-refractivity contribution in [3.05, 3.63) is 82.8 Å². The summed E-state index contributed by atoms with van der Waals surface area (Å²) < 4.78 is 84.8. The van der Waals surface area contributed by atoms with Crippen LogP contribution in [0.4, 0.5) is 26.3 Å². The van der Waals surface area contributed by atoms with E-state index in [0.717, 1.165) is 24.6 Å². The van der Waals surface area contributed by atoms with Gasteiger partial charge in [-0.2, -0.15) is 26.3 Å². The van der Waals surface area contributed by atoms with Crippen LogP contribution in [0.1, 0.15) is 30.9 Å². The third-order valence-electron chi connectivity index (χ3n) is 6.00. The Balaban J connectivity index is 1.92. The van der Waals surface area contributed by atoms with Crippen LogP contribution in [-0.2, 0) is 22.2 Å². The van der Waals surface area contributed by atoms with Gasteiger partial charge in [0.1, 0.15) is 5.75 Å². The van der Waals surface area contributed by atoms with Crippen molar-refractivity contribution in [2.75, 3.05) is 13.1 Å². The van der Waals surface area contributed by atoms with E-state index in [-0.39, 0.29) is 31.7 Å². The van der Waals surface area contributed by atoms with Crippen LogP contribution in [0.15, 0.2) is 66.2 Å². The van der Waals surface area contributed by atoms with E-state index in [1.165, 1.54) is 0 Å². The number of alkyl halides is 6. The highest BCUT2D eigenvalue weighted by Gasteiger charge is 2.53. The summed E-state index contributed by atoms with van der Waals surface area (Å²) in [5.74, 6) is -2.61. The van der Waals surface area contributed by atoms with Gasteiger partial charge in [0.2, 0.25) is 5.91 Å². The Bertz CT molecular complexity index is 1190. The van der Waals surface area contributed by atoms with E-state index in [9.17, 15) is 41.3 Å². The number of allylic oxidation sites excluding steroid dienone is 1. The van der Waals surface area contributed by atoms with E-state index in [1.54, 1.807) is 18.2 Å². The predicted octanol–water partition coefficient (Wildman–Crippen LogP) is 5.28. The number of hydrogen-bond acceptors (Lipinski definition) is 3. The van der Waals surface area contributed by atoms with Crippen molar-refractivity contribution < 1.29 is 40.7 Å². The highest BCUT2D eigenvalue weighted by Crippen LogP contribution is 2.36. The maximum Gasteiger partial charge on any atom is 0.416 e. The maximum absolute atomic E-state index is 13.4. The molecule has 1 aliphatic heterocycles. The number of nitrogens with zero attached hydrogens (tertiary/aromatic N) is 2.